The molecule has 0 bridgehead atoms. The normalized spacial score (nSPS) is 11.3. The molecule has 1 aromatic carbocycles. The molecule has 4 nitrogen and oxygen atoms in total. The van der Waals surface area contributed by atoms with Crippen LogP contribution in [0.3, 0.4) is 0 Å². The van der Waals surface area contributed by atoms with Crippen LogP contribution in [0.15, 0.2) is 18.2 Å². The Bertz CT molecular complexity index is 416. The molecule has 0 saturated carbocycles. The molecule has 6 heteroatoms. The first-order chi connectivity index (χ1) is 5.90. The van der Waals surface area contributed by atoms with Crippen LogP contribution in [0.2, 0.25) is 0 Å². The molecule has 0 fully saturated rings. The molecule has 2 N–H and O–H groups in total. The predicted molar refractivity (Wildman–Crippen MR) is 44.9 cm³/mol. The van der Waals surface area contributed by atoms with E-state index in [1.54, 1.807) is 0 Å². The lowest BCUT2D eigenvalue weighted by Crippen LogP contribution is -2.19. The standard InChI is InChI=1S/C7H8FNO3S/c1-5-6(8)3-2-4-7(5)12-13(9,10)11/h2-4H,1H3,(H2,9,10,11). The molecule has 0 aliphatic carbocycles. The molecule has 0 heterocycles. The van der Waals surface area contributed by atoms with Gasteiger partial charge in [0.1, 0.15) is 11.6 Å². The minimum atomic E-state index is -4.08. The van der Waals surface area contributed by atoms with E-state index < -0.39 is 16.1 Å². The summed E-state index contributed by atoms with van der Waals surface area (Å²) in [4.78, 5) is 0. The van der Waals surface area contributed by atoms with Crippen LogP contribution in [0.4, 0.5) is 4.39 Å². The van der Waals surface area contributed by atoms with E-state index in [0.29, 0.717) is 0 Å². The second-order valence-electron chi connectivity index (χ2n) is 2.44. The summed E-state index contributed by atoms with van der Waals surface area (Å²) in [6.45, 7) is 1.40. The zero-order chi connectivity index (χ0) is 10.1. The topological polar surface area (TPSA) is 69.4 Å². The molecule has 0 spiro atoms. The van der Waals surface area contributed by atoms with E-state index in [4.69, 9.17) is 0 Å². The third-order valence-electron chi connectivity index (χ3n) is 1.42. The highest BCUT2D eigenvalue weighted by Crippen LogP contribution is 2.20. The van der Waals surface area contributed by atoms with Crippen molar-refractivity contribution in [3.05, 3.63) is 29.6 Å². The van der Waals surface area contributed by atoms with Crippen LogP contribution in [-0.4, -0.2) is 8.42 Å². The van der Waals surface area contributed by atoms with Crippen LogP contribution in [0.1, 0.15) is 5.56 Å². The maximum atomic E-state index is 12.8. The Morgan fingerprint density at radius 1 is 1.46 bits per heavy atom. The van der Waals surface area contributed by atoms with Crippen LogP contribution in [0, 0.1) is 12.7 Å². The first-order valence-corrected chi connectivity index (χ1v) is 4.84. The van der Waals surface area contributed by atoms with Gasteiger partial charge in [-0.15, -0.1) is 0 Å². The highest BCUT2D eigenvalue weighted by atomic mass is 32.2. The maximum absolute atomic E-state index is 12.8. The van der Waals surface area contributed by atoms with Crippen LogP contribution in [-0.2, 0) is 10.3 Å². The summed E-state index contributed by atoms with van der Waals surface area (Å²) >= 11 is 0. The molecule has 0 aliphatic heterocycles. The number of rotatable bonds is 2. The van der Waals surface area contributed by atoms with Crippen LogP contribution < -0.4 is 9.32 Å². The molecule has 0 aromatic heterocycles. The van der Waals surface area contributed by atoms with E-state index in [9.17, 15) is 12.8 Å². The minimum Gasteiger partial charge on any atom is -0.371 e. The lowest BCUT2D eigenvalue weighted by Gasteiger charge is -2.05. The van der Waals surface area contributed by atoms with E-state index in [-0.39, 0.29) is 11.3 Å². The molecule has 0 radical (unpaired) electrons. The van der Waals surface area contributed by atoms with Crippen molar-refractivity contribution in [2.75, 3.05) is 0 Å². The molecule has 0 unspecified atom stereocenters. The lowest BCUT2D eigenvalue weighted by molar-refractivity contribution is 0.482. The highest BCUT2D eigenvalue weighted by Gasteiger charge is 2.09. The largest absolute Gasteiger partial charge is 0.380 e. The van der Waals surface area contributed by atoms with Crippen molar-refractivity contribution in [1.29, 1.82) is 0 Å². The van der Waals surface area contributed by atoms with Gasteiger partial charge in [-0.1, -0.05) is 6.07 Å². The number of nitrogens with two attached hydrogens (primary N) is 1. The first-order valence-electron chi connectivity index (χ1n) is 3.37. The molecule has 13 heavy (non-hydrogen) atoms. The molecule has 1 rings (SSSR count). The Morgan fingerprint density at radius 2 is 2.08 bits per heavy atom. The molecule has 0 aliphatic rings. The van der Waals surface area contributed by atoms with E-state index in [2.05, 4.69) is 9.32 Å². The quantitative estimate of drug-likeness (QED) is 0.773. The van der Waals surface area contributed by atoms with Gasteiger partial charge in [0, 0.05) is 5.56 Å². The van der Waals surface area contributed by atoms with Gasteiger partial charge in [-0.25, -0.2) is 4.39 Å². The van der Waals surface area contributed by atoms with Gasteiger partial charge in [0.05, 0.1) is 0 Å². The fourth-order valence-electron chi connectivity index (χ4n) is 0.803. The zero-order valence-corrected chi connectivity index (χ0v) is 7.64. The summed E-state index contributed by atoms with van der Waals surface area (Å²) in [5.74, 6) is -0.636. The summed E-state index contributed by atoms with van der Waals surface area (Å²) in [7, 11) is -4.08. The van der Waals surface area contributed by atoms with Gasteiger partial charge in [-0.2, -0.15) is 13.6 Å². The van der Waals surface area contributed by atoms with Gasteiger partial charge in [-0.05, 0) is 19.1 Å². The maximum Gasteiger partial charge on any atom is 0.380 e. The smallest absolute Gasteiger partial charge is 0.371 e. The Labute approximate surface area is 75.4 Å². The summed E-state index contributed by atoms with van der Waals surface area (Å²) in [5, 5.41) is 4.61. The van der Waals surface area contributed by atoms with Crippen molar-refractivity contribution in [2.45, 2.75) is 6.92 Å². The van der Waals surface area contributed by atoms with E-state index in [1.807, 2.05) is 0 Å². The summed E-state index contributed by atoms with van der Waals surface area (Å²) in [6, 6.07) is 3.86. The van der Waals surface area contributed by atoms with Gasteiger partial charge < -0.3 is 4.18 Å². The second-order valence-corrected chi connectivity index (χ2v) is 3.59. The Kier molecular flexibility index (Phi) is 2.53. The fraction of sp³-hybridized carbons (Fsp3) is 0.143. The summed E-state index contributed by atoms with van der Waals surface area (Å²) in [5.41, 5.74) is 0.108. The monoisotopic (exact) mass is 205 g/mol. The van der Waals surface area contributed by atoms with Gasteiger partial charge in [0.15, 0.2) is 0 Å². The van der Waals surface area contributed by atoms with Gasteiger partial charge in [0.2, 0.25) is 0 Å². The molecule has 72 valence electrons. The highest BCUT2D eigenvalue weighted by molar-refractivity contribution is 7.84. The Morgan fingerprint density at radius 3 is 2.62 bits per heavy atom. The molecular weight excluding hydrogens is 197 g/mol. The van der Waals surface area contributed by atoms with Crippen molar-refractivity contribution in [2.24, 2.45) is 5.14 Å². The van der Waals surface area contributed by atoms with Gasteiger partial charge in [-0.3, -0.25) is 0 Å². The van der Waals surface area contributed by atoms with Crippen molar-refractivity contribution in [1.82, 2.24) is 0 Å². The van der Waals surface area contributed by atoms with E-state index in [1.165, 1.54) is 25.1 Å². The molecule has 0 saturated heterocycles. The van der Waals surface area contributed by atoms with Gasteiger partial charge in [0.25, 0.3) is 0 Å². The third-order valence-corrected chi connectivity index (χ3v) is 1.84. The molecule has 1 aromatic rings. The van der Waals surface area contributed by atoms with E-state index in [0.717, 1.165) is 0 Å². The van der Waals surface area contributed by atoms with Crippen molar-refractivity contribution in [3.63, 3.8) is 0 Å². The van der Waals surface area contributed by atoms with Crippen LogP contribution >= 0.6 is 0 Å². The predicted octanol–water partition coefficient (Wildman–Crippen LogP) is 0.716. The SMILES string of the molecule is Cc1c(F)cccc1OS(N)(=O)=O. The average Bonchev–Trinajstić information content (AvgIpc) is 1.96. The van der Waals surface area contributed by atoms with Crippen molar-refractivity contribution < 1.29 is 17.0 Å². The summed E-state index contributed by atoms with van der Waals surface area (Å²) < 4.78 is 38.2. The lowest BCUT2D eigenvalue weighted by atomic mass is 10.2. The van der Waals surface area contributed by atoms with Crippen molar-refractivity contribution in [3.8, 4) is 5.75 Å². The molecule has 0 atom stereocenters. The number of benzene rings is 1. The number of hydrogen-bond acceptors (Lipinski definition) is 3. The van der Waals surface area contributed by atoms with Crippen LogP contribution in [0.25, 0.3) is 0 Å². The third kappa shape index (κ3) is 2.67. The molecular formula is C7H8FNO3S. The number of hydrogen-bond donors (Lipinski definition) is 1. The zero-order valence-electron chi connectivity index (χ0n) is 6.82. The Balaban J connectivity index is 3.10. The van der Waals surface area contributed by atoms with Crippen molar-refractivity contribution >= 4 is 10.3 Å². The van der Waals surface area contributed by atoms with Crippen LogP contribution in [0.5, 0.6) is 5.75 Å². The Hall–Kier alpha value is -1.14. The average molecular weight is 205 g/mol. The van der Waals surface area contributed by atoms with E-state index >= 15 is 0 Å². The molecule has 0 amide bonds. The summed E-state index contributed by atoms with van der Waals surface area (Å²) in [6.07, 6.45) is 0. The number of halogens is 1. The minimum absolute atomic E-state index is 0.0949. The second kappa shape index (κ2) is 3.31. The first kappa shape index (κ1) is 9.94. The fourth-order valence-corrected chi connectivity index (χ4v) is 1.23. The van der Waals surface area contributed by atoms with Gasteiger partial charge >= 0.3 is 10.3 Å².